The highest BCUT2D eigenvalue weighted by atomic mass is 35.5. The Morgan fingerprint density at radius 2 is 2.19 bits per heavy atom. The molecule has 1 aliphatic carbocycles. The van der Waals surface area contributed by atoms with Gasteiger partial charge in [-0.2, -0.15) is 5.26 Å². The maximum absolute atomic E-state index is 13.1. The molecule has 0 atom stereocenters. The summed E-state index contributed by atoms with van der Waals surface area (Å²) in [5.74, 6) is 0.573. The minimum atomic E-state index is -0.0975. The fourth-order valence-electron chi connectivity index (χ4n) is 3.53. The average molecular weight is 399 g/mol. The SMILES string of the molecule is Cc1ccc(NCc2nc3sc4c(c3c(=O)n2CC#N)CCCC4)cc1Cl. The van der Waals surface area contributed by atoms with Crippen molar-refractivity contribution in [3.63, 3.8) is 0 Å². The summed E-state index contributed by atoms with van der Waals surface area (Å²) in [6.45, 7) is 2.30. The molecular formula is C20H19ClN4OS. The number of nitrogens with zero attached hydrogens (tertiary/aromatic N) is 3. The lowest BCUT2D eigenvalue weighted by atomic mass is 9.97. The average Bonchev–Trinajstić information content (AvgIpc) is 3.04. The number of anilines is 1. The second kappa shape index (κ2) is 7.34. The van der Waals surface area contributed by atoms with Gasteiger partial charge in [0.25, 0.3) is 5.56 Å². The van der Waals surface area contributed by atoms with Gasteiger partial charge in [-0.05, 0) is 55.9 Å². The van der Waals surface area contributed by atoms with Gasteiger partial charge in [0.1, 0.15) is 17.2 Å². The topological polar surface area (TPSA) is 70.7 Å². The van der Waals surface area contributed by atoms with Crippen molar-refractivity contribution >= 4 is 38.8 Å². The highest BCUT2D eigenvalue weighted by Crippen LogP contribution is 2.33. The molecule has 2 aromatic heterocycles. The van der Waals surface area contributed by atoms with Crippen LogP contribution in [-0.4, -0.2) is 9.55 Å². The molecule has 3 aromatic rings. The standard InChI is InChI=1S/C20H19ClN4OS/c1-12-6-7-13(10-15(12)21)23-11-17-24-19-18(20(26)25(17)9-8-22)14-4-2-3-5-16(14)27-19/h6-7,10,23H,2-5,9,11H2,1H3. The Balaban J connectivity index is 1.75. The van der Waals surface area contributed by atoms with Crippen molar-refractivity contribution in [2.75, 3.05) is 5.32 Å². The maximum Gasteiger partial charge on any atom is 0.263 e. The predicted molar refractivity (Wildman–Crippen MR) is 110 cm³/mol. The van der Waals surface area contributed by atoms with Crippen LogP contribution >= 0.6 is 22.9 Å². The van der Waals surface area contributed by atoms with Gasteiger partial charge in [-0.3, -0.25) is 9.36 Å². The molecule has 1 aromatic carbocycles. The second-order valence-corrected chi connectivity index (χ2v) is 8.28. The van der Waals surface area contributed by atoms with E-state index in [1.165, 1.54) is 9.44 Å². The third kappa shape index (κ3) is 3.33. The van der Waals surface area contributed by atoms with Gasteiger partial charge in [0.05, 0.1) is 18.0 Å². The van der Waals surface area contributed by atoms with Crippen molar-refractivity contribution in [2.24, 2.45) is 0 Å². The van der Waals surface area contributed by atoms with Crippen molar-refractivity contribution in [3.8, 4) is 6.07 Å². The van der Waals surface area contributed by atoms with E-state index in [0.29, 0.717) is 22.8 Å². The molecule has 0 bridgehead atoms. The molecule has 1 N–H and O–H groups in total. The number of benzene rings is 1. The summed E-state index contributed by atoms with van der Waals surface area (Å²) in [7, 11) is 0. The van der Waals surface area contributed by atoms with Crippen molar-refractivity contribution in [3.05, 3.63) is 55.4 Å². The van der Waals surface area contributed by atoms with Crippen LogP contribution in [0.1, 0.15) is 34.7 Å². The van der Waals surface area contributed by atoms with Gasteiger partial charge < -0.3 is 5.32 Å². The number of halogens is 1. The molecule has 0 saturated carbocycles. The zero-order valence-electron chi connectivity index (χ0n) is 15.0. The van der Waals surface area contributed by atoms with E-state index in [9.17, 15) is 10.1 Å². The Labute approximate surface area is 166 Å². The predicted octanol–water partition coefficient (Wildman–Crippen LogP) is 4.43. The van der Waals surface area contributed by atoms with Crippen molar-refractivity contribution in [1.29, 1.82) is 5.26 Å². The minimum Gasteiger partial charge on any atom is -0.378 e. The van der Waals surface area contributed by atoms with Gasteiger partial charge in [-0.25, -0.2) is 4.98 Å². The van der Waals surface area contributed by atoms with E-state index in [0.717, 1.165) is 47.3 Å². The lowest BCUT2D eigenvalue weighted by molar-refractivity contribution is 0.692. The summed E-state index contributed by atoms with van der Waals surface area (Å²) in [5.41, 5.74) is 2.91. The number of nitriles is 1. The van der Waals surface area contributed by atoms with Crippen molar-refractivity contribution in [2.45, 2.75) is 45.7 Å². The first-order chi connectivity index (χ1) is 13.1. The lowest BCUT2D eigenvalue weighted by Crippen LogP contribution is -2.26. The smallest absolute Gasteiger partial charge is 0.263 e. The fourth-order valence-corrected chi connectivity index (χ4v) is 4.98. The van der Waals surface area contributed by atoms with E-state index in [2.05, 4.69) is 11.4 Å². The van der Waals surface area contributed by atoms with Crippen LogP contribution in [0, 0.1) is 18.3 Å². The zero-order chi connectivity index (χ0) is 19.0. The van der Waals surface area contributed by atoms with Gasteiger partial charge in [-0.15, -0.1) is 11.3 Å². The van der Waals surface area contributed by atoms with Crippen LogP contribution in [0.3, 0.4) is 0 Å². The first-order valence-corrected chi connectivity index (χ1v) is 10.2. The number of hydrogen-bond donors (Lipinski definition) is 1. The number of rotatable bonds is 4. The first kappa shape index (κ1) is 18.0. The molecule has 0 spiro atoms. The third-order valence-corrected chi connectivity index (χ3v) is 6.60. The maximum atomic E-state index is 13.1. The van der Waals surface area contributed by atoms with Gasteiger partial charge in [0, 0.05) is 15.6 Å². The van der Waals surface area contributed by atoms with E-state index in [1.54, 1.807) is 11.3 Å². The number of nitrogens with one attached hydrogen (secondary N) is 1. The number of hydrogen-bond acceptors (Lipinski definition) is 5. The highest BCUT2D eigenvalue weighted by molar-refractivity contribution is 7.18. The Morgan fingerprint density at radius 3 is 2.96 bits per heavy atom. The normalized spacial score (nSPS) is 13.4. The van der Waals surface area contributed by atoms with E-state index in [1.807, 2.05) is 25.1 Å². The molecule has 0 saturated heterocycles. The van der Waals surface area contributed by atoms with Crippen LogP contribution in [0.5, 0.6) is 0 Å². The van der Waals surface area contributed by atoms with Crippen molar-refractivity contribution in [1.82, 2.24) is 9.55 Å². The summed E-state index contributed by atoms with van der Waals surface area (Å²) in [5, 5.41) is 13.9. The molecule has 2 heterocycles. The molecule has 0 aliphatic heterocycles. The quantitative estimate of drug-likeness (QED) is 0.705. The van der Waals surface area contributed by atoms with E-state index >= 15 is 0 Å². The van der Waals surface area contributed by atoms with Crippen LogP contribution < -0.4 is 10.9 Å². The zero-order valence-corrected chi connectivity index (χ0v) is 16.6. The molecule has 0 unspecified atom stereocenters. The highest BCUT2D eigenvalue weighted by Gasteiger charge is 2.21. The second-order valence-electron chi connectivity index (χ2n) is 6.79. The summed E-state index contributed by atoms with van der Waals surface area (Å²) >= 11 is 7.81. The van der Waals surface area contributed by atoms with Crippen LogP contribution in [0.25, 0.3) is 10.2 Å². The molecule has 1 aliphatic rings. The molecule has 0 radical (unpaired) electrons. The number of aromatic nitrogens is 2. The van der Waals surface area contributed by atoms with E-state index in [4.69, 9.17) is 16.6 Å². The van der Waals surface area contributed by atoms with Crippen LogP contribution in [0.2, 0.25) is 5.02 Å². The monoisotopic (exact) mass is 398 g/mol. The number of aryl methyl sites for hydroxylation is 3. The summed E-state index contributed by atoms with van der Waals surface area (Å²) in [4.78, 5) is 19.9. The van der Waals surface area contributed by atoms with Gasteiger partial charge in [0.15, 0.2) is 0 Å². The Morgan fingerprint density at radius 1 is 1.37 bits per heavy atom. The molecule has 4 rings (SSSR count). The molecule has 0 amide bonds. The summed E-state index contributed by atoms with van der Waals surface area (Å²) in [6, 6.07) is 7.83. The molecule has 27 heavy (non-hydrogen) atoms. The van der Waals surface area contributed by atoms with E-state index in [-0.39, 0.29) is 12.1 Å². The Hall–Kier alpha value is -2.36. The number of fused-ring (bicyclic) bond motifs is 3. The number of thiophene rings is 1. The molecule has 5 nitrogen and oxygen atoms in total. The minimum absolute atomic E-state index is 0.00192. The summed E-state index contributed by atoms with van der Waals surface area (Å²) < 4.78 is 1.49. The van der Waals surface area contributed by atoms with Gasteiger partial charge in [0.2, 0.25) is 0 Å². The Kier molecular flexibility index (Phi) is 4.90. The van der Waals surface area contributed by atoms with Crippen LogP contribution in [0.15, 0.2) is 23.0 Å². The van der Waals surface area contributed by atoms with E-state index < -0.39 is 0 Å². The van der Waals surface area contributed by atoms with Gasteiger partial charge in [-0.1, -0.05) is 17.7 Å². The largest absolute Gasteiger partial charge is 0.378 e. The van der Waals surface area contributed by atoms with Crippen molar-refractivity contribution < 1.29 is 0 Å². The third-order valence-electron chi connectivity index (χ3n) is 5.01. The molecular weight excluding hydrogens is 380 g/mol. The first-order valence-electron chi connectivity index (χ1n) is 8.99. The lowest BCUT2D eigenvalue weighted by Gasteiger charge is -2.13. The van der Waals surface area contributed by atoms with Gasteiger partial charge >= 0.3 is 0 Å². The Bertz CT molecular complexity index is 1130. The fraction of sp³-hybridized carbons (Fsp3) is 0.350. The summed E-state index contributed by atoms with van der Waals surface area (Å²) in [6.07, 6.45) is 4.21. The van der Waals surface area contributed by atoms with Crippen LogP contribution in [-0.2, 0) is 25.9 Å². The molecule has 0 fully saturated rings. The van der Waals surface area contributed by atoms with Crippen LogP contribution in [0.4, 0.5) is 5.69 Å². The molecule has 138 valence electrons. The molecule has 7 heteroatoms.